The molecule has 0 unspecified atom stereocenters. The van der Waals surface area contributed by atoms with E-state index >= 15 is 0 Å². The fourth-order valence-electron chi connectivity index (χ4n) is 2.10. The van der Waals surface area contributed by atoms with Gasteiger partial charge >= 0.3 is 0 Å². The molecule has 0 radical (unpaired) electrons. The van der Waals surface area contributed by atoms with Crippen molar-refractivity contribution in [1.82, 2.24) is 19.6 Å². The number of pyridine rings is 1. The van der Waals surface area contributed by atoms with Gasteiger partial charge in [0.05, 0.1) is 10.7 Å². The fraction of sp³-hybridized carbons (Fsp3) is 0.267. The SMILES string of the molecule is CCN(C)c1cc(NCc2cccnc2)n2ncc(Br)c2n1. The van der Waals surface area contributed by atoms with Gasteiger partial charge in [0.15, 0.2) is 5.65 Å². The summed E-state index contributed by atoms with van der Waals surface area (Å²) in [6.07, 6.45) is 5.38. The Balaban J connectivity index is 1.96. The van der Waals surface area contributed by atoms with Gasteiger partial charge in [-0.2, -0.15) is 9.61 Å². The van der Waals surface area contributed by atoms with Crippen molar-refractivity contribution in [3.63, 3.8) is 0 Å². The first kappa shape index (κ1) is 14.8. The topological polar surface area (TPSA) is 58.4 Å². The maximum atomic E-state index is 4.65. The molecule has 0 atom stereocenters. The zero-order valence-corrected chi connectivity index (χ0v) is 14.1. The van der Waals surface area contributed by atoms with E-state index in [9.17, 15) is 0 Å². The molecule has 3 heterocycles. The Morgan fingerprint density at radius 3 is 2.95 bits per heavy atom. The van der Waals surface area contributed by atoms with Gasteiger partial charge in [0, 0.05) is 38.6 Å². The zero-order chi connectivity index (χ0) is 15.5. The molecule has 3 rings (SSSR count). The van der Waals surface area contributed by atoms with Crippen LogP contribution in [0.2, 0.25) is 0 Å². The van der Waals surface area contributed by atoms with Crippen LogP contribution >= 0.6 is 15.9 Å². The van der Waals surface area contributed by atoms with Crippen molar-refractivity contribution < 1.29 is 0 Å². The Labute approximate surface area is 137 Å². The predicted octanol–water partition coefficient (Wildman–Crippen LogP) is 2.96. The summed E-state index contributed by atoms with van der Waals surface area (Å²) in [5.41, 5.74) is 1.91. The largest absolute Gasteiger partial charge is 0.366 e. The quantitative estimate of drug-likeness (QED) is 0.757. The number of hydrogen-bond acceptors (Lipinski definition) is 5. The van der Waals surface area contributed by atoms with E-state index in [1.807, 2.05) is 31.4 Å². The second kappa shape index (κ2) is 6.31. The van der Waals surface area contributed by atoms with Crippen molar-refractivity contribution in [2.24, 2.45) is 0 Å². The number of rotatable bonds is 5. The van der Waals surface area contributed by atoms with Gasteiger partial charge < -0.3 is 10.2 Å². The molecular formula is C15H17BrN6. The first-order valence-electron chi connectivity index (χ1n) is 7.07. The van der Waals surface area contributed by atoms with Gasteiger partial charge in [0.2, 0.25) is 0 Å². The highest BCUT2D eigenvalue weighted by Crippen LogP contribution is 2.24. The highest BCUT2D eigenvalue weighted by Gasteiger charge is 2.11. The lowest BCUT2D eigenvalue weighted by Gasteiger charge is -2.18. The fourth-order valence-corrected chi connectivity index (χ4v) is 2.45. The molecule has 0 fully saturated rings. The van der Waals surface area contributed by atoms with Crippen LogP contribution in [0, 0.1) is 0 Å². The van der Waals surface area contributed by atoms with Crippen LogP contribution in [0.15, 0.2) is 41.3 Å². The highest BCUT2D eigenvalue weighted by molar-refractivity contribution is 9.10. The third kappa shape index (κ3) is 2.89. The molecule has 22 heavy (non-hydrogen) atoms. The van der Waals surface area contributed by atoms with E-state index in [2.05, 4.69) is 48.1 Å². The average Bonchev–Trinajstić information content (AvgIpc) is 2.94. The number of nitrogens with one attached hydrogen (secondary N) is 1. The van der Waals surface area contributed by atoms with E-state index in [1.54, 1.807) is 16.9 Å². The maximum Gasteiger partial charge on any atom is 0.173 e. The molecule has 0 saturated heterocycles. The molecule has 0 spiro atoms. The van der Waals surface area contributed by atoms with Gasteiger partial charge in [0.25, 0.3) is 0 Å². The number of nitrogens with zero attached hydrogens (tertiary/aromatic N) is 5. The first-order valence-corrected chi connectivity index (χ1v) is 7.86. The molecule has 0 bridgehead atoms. The minimum Gasteiger partial charge on any atom is -0.366 e. The number of halogens is 1. The molecule has 0 aromatic carbocycles. The molecule has 0 aliphatic heterocycles. The molecule has 0 saturated carbocycles. The van der Waals surface area contributed by atoms with Gasteiger partial charge in [-0.1, -0.05) is 6.07 Å². The van der Waals surface area contributed by atoms with Crippen molar-refractivity contribution >= 4 is 33.2 Å². The van der Waals surface area contributed by atoms with Crippen LogP contribution in [0.1, 0.15) is 12.5 Å². The minimum atomic E-state index is 0.680. The maximum absolute atomic E-state index is 4.65. The van der Waals surface area contributed by atoms with E-state index in [4.69, 9.17) is 0 Å². The van der Waals surface area contributed by atoms with Crippen LogP contribution in [-0.2, 0) is 6.54 Å². The summed E-state index contributed by atoms with van der Waals surface area (Å²) in [4.78, 5) is 10.9. The summed E-state index contributed by atoms with van der Waals surface area (Å²) in [7, 11) is 2.02. The van der Waals surface area contributed by atoms with Crippen molar-refractivity contribution in [3.05, 3.63) is 46.8 Å². The molecule has 1 N–H and O–H groups in total. The van der Waals surface area contributed by atoms with Crippen molar-refractivity contribution in [2.75, 3.05) is 23.8 Å². The number of fused-ring (bicyclic) bond motifs is 1. The number of hydrogen-bond donors (Lipinski definition) is 1. The van der Waals surface area contributed by atoms with Crippen LogP contribution in [0.25, 0.3) is 5.65 Å². The summed E-state index contributed by atoms with van der Waals surface area (Å²) >= 11 is 3.50. The Kier molecular flexibility index (Phi) is 4.24. The third-order valence-electron chi connectivity index (χ3n) is 3.48. The summed E-state index contributed by atoms with van der Waals surface area (Å²) in [5.74, 6) is 1.81. The van der Waals surface area contributed by atoms with Crippen LogP contribution < -0.4 is 10.2 Å². The molecule has 0 aliphatic carbocycles. The average molecular weight is 361 g/mol. The van der Waals surface area contributed by atoms with E-state index in [1.165, 1.54) is 0 Å². The van der Waals surface area contributed by atoms with Gasteiger partial charge in [0.1, 0.15) is 11.6 Å². The molecule has 3 aromatic rings. The minimum absolute atomic E-state index is 0.680. The predicted molar refractivity (Wildman–Crippen MR) is 91.2 cm³/mol. The van der Waals surface area contributed by atoms with Crippen LogP contribution in [0.5, 0.6) is 0 Å². The third-order valence-corrected chi connectivity index (χ3v) is 4.04. The van der Waals surface area contributed by atoms with Gasteiger partial charge in [-0.3, -0.25) is 4.98 Å². The van der Waals surface area contributed by atoms with E-state index in [-0.39, 0.29) is 0 Å². The van der Waals surface area contributed by atoms with Crippen LogP contribution in [0.3, 0.4) is 0 Å². The molecule has 0 aliphatic rings. The molecule has 0 amide bonds. The van der Waals surface area contributed by atoms with Crippen LogP contribution in [-0.4, -0.2) is 33.2 Å². The van der Waals surface area contributed by atoms with Gasteiger partial charge in [-0.05, 0) is 34.5 Å². The van der Waals surface area contributed by atoms with E-state index < -0.39 is 0 Å². The van der Waals surface area contributed by atoms with Crippen molar-refractivity contribution in [2.45, 2.75) is 13.5 Å². The molecule has 3 aromatic heterocycles. The smallest absolute Gasteiger partial charge is 0.173 e. The lowest BCUT2D eigenvalue weighted by Crippen LogP contribution is -2.18. The second-order valence-corrected chi connectivity index (χ2v) is 5.81. The normalized spacial score (nSPS) is 10.9. The molecular weight excluding hydrogens is 344 g/mol. The second-order valence-electron chi connectivity index (χ2n) is 4.96. The van der Waals surface area contributed by atoms with Crippen LogP contribution in [0.4, 0.5) is 11.6 Å². The number of aromatic nitrogens is 4. The Morgan fingerprint density at radius 1 is 1.36 bits per heavy atom. The molecule has 114 valence electrons. The summed E-state index contributed by atoms with van der Waals surface area (Å²) < 4.78 is 2.68. The van der Waals surface area contributed by atoms with Crippen molar-refractivity contribution in [3.8, 4) is 0 Å². The van der Waals surface area contributed by atoms with Crippen molar-refractivity contribution in [1.29, 1.82) is 0 Å². The lowest BCUT2D eigenvalue weighted by atomic mass is 10.3. The molecule has 6 nitrogen and oxygen atoms in total. The highest BCUT2D eigenvalue weighted by atomic mass is 79.9. The summed E-state index contributed by atoms with van der Waals surface area (Å²) in [6, 6.07) is 5.97. The number of anilines is 2. The van der Waals surface area contributed by atoms with Gasteiger partial charge in [-0.15, -0.1) is 0 Å². The summed E-state index contributed by atoms with van der Waals surface area (Å²) in [5, 5.41) is 7.78. The molecule has 7 heteroatoms. The zero-order valence-electron chi connectivity index (χ0n) is 12.5. The Bertz CT molecular complexity index is 770. The first-order chi connectivity index (χ1) is 10.7. The van der Waals surface area contributed by atoms with Gasteiger partial charge in [-0.25, -0.2) is 4.98 Å². The Morgan fingerprint density at radius 2 is 2.23 bits per heavy atom. The lowest BCUT2D eigenvalue weighted by molar-refractivity contribution is 0.894. The Hall–Kier alpha value is -2.15. The van der Waals surface area contributed by atoms with E-state index in [0.717, 1.165) is 33.9 Å². The standard InChI is InChI=1S/C15H17BrN6/c1-3-21(2)14-7-13(18-9-11-5-4-6-17-8-11)22-15(20-14)12(16)10-19-22/h4-8,10,18H,3,9H2,1-2H3. The van der Waals surface area contributed by atoms with E-state index in [0.29, 0.717) is 6.54 Å². The summed E-state index contributed by atoms with van der Waals surface area (Å²) in [6.45, 7) is 3.66. The monoisotopic (exact) mass is 360 g/mol.